The maximum atomic E-state index is 11.2. The van der Waals surface area contributed by atoms with Crippen molar-refractivity contribution < 1.29 is 18.3 Å². The van der Waals surface area contributed by atoms with E-state index in [2.05, 4.69) is 0 Å². The maximum absolute atomic E-state index is 11.2. The first-order valence-electron chi connectivity index (χ1n) is 4.29. The Labute approximate surface area is 78.9 Å². The molecule has 0 bridgehead atoms. The summed E-state index contributed by atoms with van der Waals surface area (Å²) in [4.78, 5) is 10.1. The molecule has 0 aromatic carbocycles. The monoisotopic (exact) mass is 208 g/mol. The quantitative estimate of drug-likeness (QED) is 0.704. The highest BCUT2D eigenvalue weighted by atomic mass is 32.2. The second-order valence-corrected chi connectivity index (χ2v) is 5.50. The molecular formula is C8H16O4S. The summed E-state index contributed by atoms with van der Waals surface area (Å²) in [6.45, 7) is 3.76. The van der Waals surface area contributed by atoms with E-state index >= 15 is 0 Å². The number of hydrogen-bond acceptors (Lipinski definition) is 3. The van der Waals surface area contributed by atoms with Crippen molar-refractivity contribution in [3.05, 3.63) is 0 Å². The first-order chi connectivity index (χ1) is 5.87. The minimum atomic E-state index is -3.17. The zero-order valence-corrected chi connectivity index (χ0v) is 8.80. The molecule has 78 valence electrons. The van der Waals surface area contributed by atoms with Crippen LogP contribution in [0.4, 0.5) is 0 Å². The van der Waals surface area contributed by atoms with Crippen molar-refractivity contribution >= 4 is 15.8 Å². The zero-order valence-electron chi connectivity index (χ0n) is 7.99. The molecular weight excluding hydrogens is 192 g/mol. The first-order valence-corrected chi connectivity index (χ1v) is 6.11. The lowest BCUT2D eigenvalue weighted by Crippen LogP contribution is -2.18. The van der Waals surface area contributed by atoms with E-state index in [1.165, 1.54) is 0 Å². The largest absolute Gasteiger partial charge is 0.481 e. The highest BCUT2D eigenvalue weighted by Crippen LogP contribution is 2.06. The van der Waals surface area contributed by atoms with Gasteiger partial charge in [0.15, 0.2) is 9.84 Å². The van der Waals surface area contributed by atoms with Crippen molar-refractivity contribution in [3.63, 3.8) is 0 Å². The molecule has 0 aromatic rings. The van der Waals surface area contributed by atoms with Gasteiger partial charge in [-0.1, -0.05) is 20.3 Å². The van der Waals surface area contributed by atoms with Crippen molar-refractivity contribution in [3.8, 4) is 0 Å². The molecule has 1 atom stereocenters. The molecule has 0 aliphatic heterocycles. The van der Waals surface area contributed by atoms with Crippen molar-refractivity contribution in [2.75, 3.05) is 11.5 Å². The molecule has 1 N–H and O–H groups in total. The van der Waals surface area contributed by atoms with Crippen molar-refractivity contribution in [1.29, 1.82) is 0 Å². The summed E-state index contributed by atoms with van der Waals surface area (Å²) in [5.74, 6) is -1.10. The van der Waals surface area contributed by atoms with E-state index in [4.69, 9.17) is 5.11 Å². The number of carboxylic acids is 1. The van der Waals surface area contributed by atoms with Crippen LogP contribution >= 0.6 is 0 Å². The Hall–Kier alpha value is -0.580. The molecule has 0 radical (unpaired) electrons. The molecule has 0 saturated carbocycles. The van der Waals surface area contributed by atoms with Gasteiger partial charge in [-0.2, -0.15) is 0 Å². The molecule has 0 rings (SSSR count). The van der Waals surface area contributed by atoms with E-state index < -0.39 is 15.8 Å². The van der Waals surface area contributed by atoms with E-state index in [1.807, 2.05) is 13.8 Å². The molecule has 0 spiro atoms. The number of sulfone groups is 1. The van der Waals surface area contributed by atoms with Crippen molar-refractivity contribution in [2.24, 2.45) is 5.92 Å². The van der Waals surface area contributed by atoms with Gasteiger partial charge in [-0.05, 0) is 5.92 Å². The molecule has 1 unspecified atom stereocenters. The molecule has 0 heterocycles. The van der Waals surface area contributed by atoms with E-state index in [1.54, 1.807) is 0 Å². The first kappa shape index (κ1) is 12.4. The Morgan fingerprint density at radius 2 is 2.00 bits per heavy atom. The number of carboxylic acid groups (broad SMARTS) is 1. The van der Waals surface area contributed by atoms with E-state index in [0.29, 0.717) is 0 Å². The SMILES string of the molecule is CCC(C)CS(=O)(=O)CCC(=O)O. The van der Waals surface area contributed by atoms with Gasteiger partial charge in [0.05, 0.1) is 17.9 Å². The molecule has 13 heavy (non-hydrogen) atoms. The van der Waals surface area contributed by atoms with Crippen molar-refractivity contribution in [2.45, 2.75) is 26.7 Å². The van der Waals surface area contributed by atoms with Gasteiger partial charge in [0, 0.05) is 0 Å². The highest BCUT2D eigenvalue weighted by Gasteiger charge is 2.15. The van der Waals surface area contributed by atoms with Crippen LogP contribution in [0.3, 0.4) is 0 Å². The second kappa shape index (κ2) is 5.21. The standard InChI is InChI=1S/C8H16O4S/c1-3-7(2)6-13(11,12)5-4-8(9)10/h7H,3-6H2,1-2H3,(H,9,10). The normalized spacial score (nSPS) is 14.0. The van der Waals surface area contributed by atoms with Crippen LogP contribution in [0.25, 0.3) is 0 Å². The molecule has 0 aliphatic rings. The number of aliphatic carboxylic acids is 1. The van der Waals surface area contributed by atoms with Gasteiger partial charge in [-0.25, -0.2) is 8.42 Å². The zero-order chi connectivity index (χ0) is 10.5. The van der Waals surface area contributed by atoms with Gasteiger partial charge in [-0.3, -0.25) is 4.79 Å². The third kappa shape index (κ3) is 6.57. The lowest BCUT2D eigenvalue weighted by atomic mass is 10.2. The Morgan fingerprint density at radius 3 is 2.38 bits per heavy atom. The van der Waals surface area contributed by atoms with Crippen LogP contribution < -0.4 is 0 Å². The van der Waals surface area contributed by atoms with Crippen LogP contribution in [-0.4, -0.2) is 31.0 Å². The summed E-state index contributed by atoms with van der Waals surface area (Å²) in [5, 5.41) is 8.30. The summed E-state index contributed by atoms with van der Waals surface area (Å²) in [6, 6.07) is 0. The summed E-state index contributed by atoms with van der Waals surface area (Å²) in [7, 11) is -3.17. The van der Waals surface area contributed by atoms with E-state index in [0.717, 1.165) is 6.42 Å². The Kier molecular flexibility index (Phi) is 4.98. The Bertz CT molecular complexity index is 255. The fraction of sp³-hybridized carbons (Fsp3) is 0.875. The van der Waals surface area contributed by atoms with E-state index in [9.17, 15) is 13.2 Å². The van der Waals surface area contributed by atoms with Crippen LogP contribution in [0, 0.1) is 5.92 Å². The van der Waals surface area contributed by atoms with Crippen LogP contribution in [0.1, 0.15) is 26.7 Å². The third-order valence-electron chi connectivity index (χ3n) is 1.86. The average Bonchev–Trinajstić information content (AvgIpc) is 2.00. The van der Waals surface area contributed by atoms with Gasteiger partial charge in [0.25, 0.3) is 0 Å². The Balaban J connectivity index is 4.02. The molecule has 0 saturated heterocycles. The van der Waals surface area contributed by atoms with Gasteiger partial charge in [-0.15, -0.1) is 0 Å². The fourth-order valence-electron chi connectivity index (χ4n) is 0.877. The molecule has 4 nitrogen and oxygen atoms in total. The maximum Gasteiger partial charge on any atom is 0.304 e. The summed E-state index contributed by atoms with van der Waals surface area (Å²) < 4.78 is 22.5. The minimum absolute atomic E-state index is 0.0940. The topological polar surface area (TPSA) is 71.4 Å². The average molecular weight is 208 g/mol. The molecule has 5 heteroatoms. The van der Waals surface area contributed by atoms with E-state index in [-0.39, 0.29) is 23.8 Å². The summed E-state index contributed by atoms with van der Waals surface area (Å²) >= 11 is 0. The summed E-state index contributed by atoms with van der Waals surface area (Å²) in [5.41, 5.74) is 0. The van der Waals surface area contributed by atoms with Gasteiger partial charge >= 0.3 is 5.97 Å². The number of rotatable bonds is 6. The van der Waals surface area contributed by atoms with Crippen LogP contribution in [0.5, 0.6) is 0 Å². The highest BCUT2D eigenvalue weighted by molar-refractivity contribution is 7.91. The van der Waals surface area contributed by atoms with Gasteiger partial charge < -0.3 is 5.11 Å². The molecule has 0 aromatic heterocycles. The summed E-state index contributed by atoms with van der Waals surface area (Å²) in [6.07, 6.45) is 0.505. The smallest absolute Gasteiger partial charge is 0.304 e. The number of hydrogen-bond donors (Lipinski definition) is 1. The van der Waals surface area contributed by atoms with Crippen molar-refractivity contribution in [1.82, 2.24) is 0 Å². The van der Waals surface area contributed by atoms with Crippen LogP contribution in [-0.2, 0) is 14.6 Å². The predicted octanol–water partition coefficient (Wildman–Crippen LogP) is 0.922. The third-order valence-corrected chi connectivity index (χ3v) is 3.77. The lowest BCUT2D eigenvalue weighted by Gasteiger charge is -2.07. The second-order valence-electron chi connectivity index (χ2n) is 3.27. The molecule has 0 aliphatic carbocycles. The van der Waals surface area contributed by atoms with Gasteiger partial charge in [0.2, 0.25) is 0 Å². The van der Waals surface area contributed by atoms with Crippen LogP contribution in [0.2, 0.25) is 0 Å². The lowest BCUT2D eigenvalue weighted by molar-refractivity contribution is -0.136. The molecule has 0 amide bonds. The minimum Gasteiger partial charge on any atom is -0.481 e. The fourth-order valence-corrected chi connectivity index (χ4v) is 2.63. The number of carbonyl (C=O) groups is 1. The van der Waals surface area contributed by atoms with Gasteiger partial charge in [0.1, 0.15) is 0 Å². The predicted molar refractivity (Wildman–Crippen MR) is 50.4 cm³/mol. The van der Waals surface area contributed by atoms with Crippen LogP contribution in [0.15, 0.2) is 0 Å². The molecule has 0 fully saturated rings. The Morgan fingerprint density at radius 1 is 1.46 bits per heavy atom.